The van der Waals surface area contributed by atoms with Crippen molar-refractivity contribution in [3.8, 4) is 17.2 Å². The van der Waals surface area contributed by atoms with Gasteiger partial charge in [-0.15, -0.1) is 11.8 Å². The standard InChI is InChI=1S/C25H24N2O5S/c1-2-30-18-8-10-19(11-9-18)33-15-24(28)27-21-6-4-3-5-20(21)25(29)26-14-17-7-12-22-23(13-17)32-16-31-22/h3-13H,2,14-16H2,1H3,(H,26,29)(H,27,28). The number of amides is 2. The largest absolute Gasteiger partial charge is 0.494 e. The van der Waals surface area contributed by atoms with Crippen LogP contribution in [0.5, 0.6) is 17.2 Å². The summed E-state index contributed by atoms with van der Waals surface area (Å²) >= 11 is 1.42. The van der Waals surface area contributed by atoms with Crippen LogP contribution in [0, 0.1) is 0 Å². The van der Waals surface area contributed by atoms with Crippen molar-refractivity contribution in [1.82, 2.24) is 5.32 Å². The molecule has 2 N–H and O–H groups in total. The summed E-state index contributed by atoms with van der Waals surface area (Å²) in [5, 5.41) is 5.73. The topological polar surface area (TPSA) is 85.9 Å². The third-order valence-corrected chi connectivity index (χ3v) is 5.85. The van der Waals surface area contributed by atoms with Gasteiger partial charge in [0.1, 0.15) is 5.75 Å². The summed E-state index contributed by atoms with van der Waals surface area (Å²) < 4.78 is 16.1. The quantitative estimate of drug-likeness (QED) is 0.455. The Morgan fingerprint density at radius 1 is 1.00 bits per heavy atom. The van der Waals surface area contributed by atoms with E-state index in [1.165, 1.54) is 11.8 Å². The van der Waals surface area contributed by atoms with E-state index in [0.29, 0.717) is 35.9 Å². The highest BCUT2D eigenvalue weighted by Gasteiger charge is 2.16. The number of para-hydroxylation sites is 1. The first kappa shape index (κ1) is 22.5. The molecular weight excluding hydrogens is 440 g/mol. The van der Waals surface area contributed by atoms with E-state index in [0.717, 1.165) is 16.2 Å². The summed E-state index contributed by atoms with van der Waals surface area (Å²) in [4.78, 5) is 26.2. The number of nitrogens with one attached hydrogen (secondary N) is 2. The highest BCUT2D eigenvalue weighted by molar-refractivity contribution is 8.00. The van der Waals surface area contributed by atoms with Crippen molar-refractivity contribution >= 4 is 29.3 Å². The van der Waals surface area contributed by atoms with Crippen LogP contribution in [0.25, 0.3) is 0 Å². The van der Waals surface area contributed by atoms with Gasteiger partial charge in [0.15, 0.2) is 11.5 Å². The number of carbonyl (C=O) groups is 2. The van der Waals surface area contributed by atoms with Crippen LogP contribution in [0.15, 0.2) is 71.6 Å². The lowest BCUT2D eigenvalue weighted by Gasteiger charge is -2.12. The van der Waals surface area contributed by atoms with Crippen LogP contribution in [0.3, 0.4) is 0 Å². The van der Waals surface area contributed by atoms with Gasteiger partial charge in [0.25, 0.3) is 5.91 Å². The van der Waals surface area contributed by atoms with Crippen LogP contribution in [-0.2, 0) is 11.3 Å². The molecule has 0 unspecified atom stereocenters. The van der Waals surface area contributed by atoms with E-state index < -0.39 is 0 Å². The third kappa shape index (κ3) is 5.98. The lowest BCUT2D eigenvalue weighted by atomic mass is 10.1. The second-order valence-corrected chi connectivity index (χ2v) is 8.21. The van der Waals surface area contributed by atoms with Crippen molar-refractivity contribution in [2.24, 2.45) is 0 Å². The molecule has 0 aromatic heterocycles. The molecule has 170 valence electrons. The van der Waals surface area contributed by atoms with Gasteiger partial charge in [-0.05, 0) is 61.0 Å². The van der Waals surface area contributed by atoms with Crippen LogP contribution in [0.1, 0.15) is 22.8 Å². The van der Waals surface area contributed by atoms with Crippen molar-refractivity contribution in [1.29, 1.82) is 0 Å². The zero-order chi connectivity index (χ0) is 23.0. The number of hydrogen-bond donors (Lipinski definition) is 2. The molecule has 1 heterocycles. The van der Waals surface area contributed by atoms with Crippen molar-refractivity contribution in [3.05, 3.63) is 77.9 Å². The van der Waals surface area contributed by atoms with E-state index >= 15 is 0 Å². The molecule has 0 radical (unpaired) electrons. The fourth-order valence-electron chi connectivity index (χ4n) is 3.25. The maximum Gasteiger partial charge on any atom is 0.253 e. The number of carbonyl (C=O) groups excluding carboxylic acids is 2. The molecule has 0 aliphatic carbocycles. The van der Waals surface area contributed by atoms with E-state index in [2.05, 4.69) is 10.6 Å². The van der Waals surface area contributed by atoms with E-state index in [1.807, 2.05) is 49.4 Å². The van der Waals surface area contributed by atoms with Gasteiger partial charge in [-0.1, -0.05) is 18.2 Å². The smallest absolute Gasteiger partial charge is 0.253 e. The molecule has 1 aliphatic rings. The number of ether oxygens (including phenoxy) is 3. The maximum absolute atomic E-state index is 12.8. The van der Waals surface area contributed by atoms with Crippen molar-refractivity contribution in [2.75, 3.05) is 24.5 Å². The molecule has 0 atom stereocenters. The molecular formula is C25H24N2O5S. The second-order valence-electron chi connectivity index (χ2n) is 7.16. The number of rotatable bonds is 9. The minimum Gasteiger partial charge on any atom is -0.494 e. The lowest BCUT2D eigenvalue weighted by molar-refractivity contribution is -0.113. The molecule has 1 aliphatic heterocycles. The Morgan fingerprint density at radius 3 is 2.61 bits per heavy atom. The van der Waals surface area contributed by atoms with Crippen LogP contribution >= 0.6 is 11.8 Å². The van der Waals surface area contributed by atoms with Gasteiger partial charge in [-0.25, -0.2) is 0 Å². The van der Waals surface area contributed by atoms with Crippen molar-refractivity contribution in [3.63, 3.8) is 0 Å². The van der Waals surface area contributed by atoms with Gasteiger partial charge in [0.05, 0.1) is 23.6 Å². The van der Waals surface area contributed by atoms with Gasteiger partial charge in [0, 0.05) is 11.4 Å². The summed E-state index contributed by atoms with van der Waals surface area (Å²) in [6, 6.07) is 20.1. The molecule has 0 saturated carbocycles. The van der Waals surface area contributed by atoms with Crippen molar-refractivity contribution in [2.45, 2.75) is 18.4 Å². The molecule has 0 saturated heterocycles. The molecule has 4 rings (SSSR count). The highest BCUT2D eigenvalue weighted by Crippen LogP contribution is 2.32. The average Bonchev–Trinajstić information content (AvgIpc) is 3.31. The third-order valence-electron chi connectivity index (χ3n) is 4.84. The predicted molar refractivity (Wildman–Crippen MR) is 127 cm³/mol. The number of benzene rings is 3. The summed E-state index contributed by atoms with van der Waals surface area (Å²) in [6.07, 6.45) is 0. The Kier molecular flexibility index (Phi) is 7.36. The maximum atomic E-state index is 12.8. The Morgan fingerprint density at radius 2 is 1.79 bits per heavy atom. The molecule has 0 spiro atoms. The Hall–Kier alpha value is -3.65. The second kappa shape index (κ2) is 10.8. The van der Waals surface area contributed by atoms with E-state index in [1.54, 1.807) is 24.3 Å². The fourth-order valence-corrected chi connectivity index (χ4v) is 3.95. The zero-order valence-corrected chi connectivity index (χ0v) is 18.9. The first-order valence-electron chi connectivity index (χ1n) is 10.5. The SMILES string of the molecule is CCOc1ccc(SCC(=O)Nc2ccccc2C(=O)NCc2ccc3c(c2)OCO3)cc1. The van der Waals surface area contributed by atoms with Crippen molar-refractivity contribution < 1.29 is 23.8 Å². The predicted octanol–water partition coefficient (Wildman–Crippen LogP) is 4.47. The number of hydrogen-bond acceptors (Lipinski definition) is 6. The first-order valence-corrected chi connectivity index (χ1v) is 11.5. The van der Waals surface area contributed by atoms with Crippen LogP contribution in [0.2, 0.25) is 0 Å². The average molecular weight is 465 g/mol. The first-order chi connectivity index (χ1) is 16.1. The molecule has 2 amide bonds. The van der Waals surface area contributed by atoms with Crippen LogP contribution in [-0.4, -0.2) is 31.0 Å². The summed E-state index contributed by atoms with van der Waals surface area (Å²) in [5.74, 6) is 1.92. The molecule has 8 heteroatoms. The number of anilines is 1. The van der Waals surface area contributed by atoms with Gasteiger partial charge >= 0.3 is 0 Å². The minimum absolute atomic E-state index is 0.190. The molecule has 3 aromatic carbocycles. The minimum atomic E-state index is -0.275. The number of fused-ring (bicyclic) bond motifs is 1. The lowest BCUT2D eigenvalue weighted by Crippen LogP contribution is -2.25. The van der Waals surface area contributed by atoms with Gasteiger partial charge < -0.3 is 24.8 Å². The molecule has 33 heavy (non-hydrogen) atoms. The van der Waals surface area contributed by atoms with E-state index in [4.69, 9.17) is 14.2 Å². The van der Waals surface area contributed by atoms with Gasteiger partial charge in [-0.3, -0.25) is 9.59 Å². The zero-order valence-electron chi connectivity index (χ0n) is 18.1. The molecule has 3 aromatic rings. The van der Waals surface area contributed by atoms with Gasteiger partial charge in [-0.2, -0.15) is 0 Å². The summed E-state index contributed by atoms with van der Waals surface area (Å²) in [6.45, 7) is 3.07. The van der Waals surface area contributed by atoms with Crippen LogP contribution < -0.4 is 24.8 Å². The van der Waals surface area contributed by atoms with E-state index in [-0.39, 0.29) is 24.4 Å². The normalized spacial score (nSPS) is 11.7. The van der Waals surface area contributed by atoms with Crippen LogP contribution in [0.4, 0.5) is 5.69 Å². The van der Waals surface area contributed by atoms with E-state index in [9.17, 15) is 9.59 Å². The highest BCUT2D eigenvalue weighted by atomic mass is 32.2. The Bertz CT molecular complexity index is 1130. The monoisotopic (exact) mass is 464 g/mol. The summed E-state index contributed by atoms with van der Waals surface area (Å²) in [5.41, 5.74) is 1.76. The fraction of sp³-hybridized carbons (Fsp3) is 0.200. The molecule has 0 bridgehead atoms. The summed E-state index contributed by atoms with van der Waals surface area (Å²) in [7, 11) is 0. The Balaban J connectivity index is 1.32. The molecule has 7 nitrogen and oxygen atoms in total. The number of thioether (sulfide) groups is 1. The van der Waals surface area contributed by atoms with Gasteiger partial charge in [0.2, 0.25) is 12.7 Å². The molecule has 0 fully saturated rings. The Labute approximate surface area is 196 Å².